The first kappa shape index (κ1) is 25.0. The molecule has 0 aromatic carbocycles. The monoisotopic (exact) mass is 505 g/mol. The molecular weight excluding hydrogens is 470 g/mol. The minimum atomic E-state index is -0.727. The van der Waals surface area contributed by atoms with Crippen LogP contribution in [0, 0.1) is 18.8 Å². The Hall–Kier alpha value is -3.62. The van der Waals surface area contributed by atoms with Gasteiger partial charge in [0.2, 0.25) is 0 Å². The average Bonchev–Trinajstić information content (AvgIpc) is 3.27. The number of anilines is 1. The molecule has 1 amide bonds. The Balaban J connectivity index is 1.24. The molecule has 1 saturated heterocycles. The first-order valence-electron chi connectivity index (χ1n) is 13.3. The smallest absolute Gasteiger partial charge is 0.306 e. The summed E-state index contributed by atoms with van der Waals surface area (Å²) in [6.07, 6.45) is 11.1. The first-order valence-corrected chi connectivity index (χ1v) is 13.3. The van der Waals surface area contributed by atoms with Gasteiger partial charge in [-0.1, -0.05) is 19.3 Å². The molecule has 3 aromatic heterocycles. The molecule has 0 unspecified atom stereocenters. The summed E-state index contributed by atoms with van der Waals surface area (Å²) in [6, 6.07) is 7.65. The molecule has 5 rings (SSSR count). The van der Waals surface area contributed by atoms with Crippen LogP contribution in [0.25, 0.3) is 5.65 Å². The number of hydrogen-bond acceptors (Lipinski definition) is 6. The summed E-state index contributed by atoms with van der Waals surface area (Å²) in [4.78, 5) is 35.7. The molecule has 9 heteroatoms. The van der Waals surface area contributed by atoms with E-state index in [9.17, 15) is 14.7 Å². The number of amides is 1. The lowest BCUT2D eigenvalue weighted by atomic mass is 9.90. The number of piperidine rings is 1. The minimum absolute atomic E-state index is 0.199. The lowest BCUT2D eigenvalue weighted by molar-refractivity contribution is -0.142. The fraction of sp³-hybridized carbons (Fsp3) is 0.500. The molecule has 2 N–H and O–H groups in total. The standard InChI is InChI=1S/C28H35N5O4/c1-19-25(33-13-5-8-23(26(33)31-19)37-18-20-6-3-2-4-7-20)27(34)30-17-21-9-12-29-24(16-21)32-14-10-22(11-15-32)28(35)36/h5,8-9,12-13,16,20,22H,2-4,6-7,10-11,14-15,17-18H2,1H3,(H,30,34)(H,35,36). The molecular formula is C28H35N5O4. The number of rotatable bonds is 8. The summed E-state index contributed by atoms with van der Waals surface area (Å²) in [5.74, 6) is 0.888. The van der Waals surface area contributed by atoms with Gasteiger partial charge >= 0.3 is 5.97 Å². The molecule has 9 nitrogen and oxygen atoms in total. The van der Waals surface area contributed by atoms with E-state index < -0.39 is 5.97 Å². The summed E-state index contributed by atoms with van der Waals surface area (Å²) < 4.78 is 7.98. The first-order chi connectivity index (χ1) is 18.0. The van der Waals surface area contributed by atoms with Crippen LogP contribution in [0.4, 0.5) is 5.82 Å². The van der Waals surface area contributed by atoms with Crippen molar-refractivity contribution in [2.45, 2.75) is 58.4 Å². The highest BCUT2D eigenvalue weighted by molar-refractivity contribution is 5.95. The Labute approximate surface area is 216 Å². The van der Waals surface area contributed by atoms with E-state index in [0.29, 0.717) is 67.8 Å². The maximum atomic E-state index is 13.2. The summed E-state index contributed by atoms with van der Waals surface area (Å²) in [6.45, 7) is 4.20. The van der Waals surface area contributed by atoms with Crippen LogP contribution in [0.15, 0.2) is 36.7 Å². The number of imidazole rings is 1. The number of carboxylic acid groups (broad SMARTS) is 1. The molecule has 1 aliphatic heterocycles. The van der Waals surface area contributed by atoms with Gasteiger partial charge in [-0.05, 0) is 68.4 Å². The van der Waals surface area contributed by atoms with E-state index in [1.54, 1.807) is 6.20 Å². The number of nitrogens with zero attached hydrogens (tertiary/aromatic N) is 4. The van der Waals surface area contributed by atoms with Gasteiger partial charge in [0.05, 0.1) is 18.2 Å². The van der Waals surface area contributed by atoms with Crippen molar-refractivity contribution in [3.05, 3.63) is 53.6 Å². The number of carboxylic acids is 1. The number of aryl methyl sites for hydroxylation is 1. The van der Waals surface area contributed by atoms with Crippen molar-refractivity contribution in [3.63, 3.8) is 0 Å². The molecule has 1 aliphatic carbocycles. The van der Waals surface area contributed by atoms with E-state index >= 15 is 0 Å². The quantitative estimate of drug-likeness (QED) is 0.472. The van der Waals surface area contributed by atoms with E-state index in [-0.39, 0.29) is 11.8 Å². The molecule has 196 valence electrons. The zero-order valence-electron chi connectivity index (χ0n) is 21.4. The Bertz CT molecular complexity index is 1260. The van der Waals surface area contributed by atoms with Gasteiger partial charge in [0, 0.05) is 32.0 Å². The Morgan fingerprint density at radius 2 is 1.92 bits per heavy atom. The predicted octanol–water partition coefficient (Wildman–Crippen LogP) is 4.23. The normalized spacial score (nSPS) is 17.2. The van der Waals surface area contributed by atoms with Crippen molar-refractivity contribution in [2.24, 2.45) is 11.8 Å². The molecule has 0 bridgehead atoms. The zero-order valence-corrected chi connectivity index (χ0v) is 21.4. The second-order valence-electron chi connectivity index (χ2n) is 10.2. The summed E-state index contributed by atoms with van der Waals surface area (Å²) in [7, 11) is 0. The van der Waals surface area contributed by atoms with E-state index in [1.165, 1.54) is 32.1 Å². The van der Waals surface area contributed by atoms with Gasteiger partial charge in [-0.2, -0.15) is 0 Å². The third-order valence-corrected chi connectivity index (χ3v) is 7.63. The van der Waals surface area contributed by atoms with Crippen LogP contribution in [0.3, 0.4) is 0 Å². The van der Waals surface area contributed by atoms with Crippen LogP contribution in [0.5, 0.6) is 5.75 Å². The molecule has 0 radical (unpaired) electrons. The number of carbonyl (C=O) groups excluding carboxylic acids is 1. The van der Waals surface area contributed by atoms with Gasteiger partial charge in [-0.25, -0.2) is 9.97 Å². The van der Waals surface area contributed by atoms with E-state index in [4.69, 9.17) is 4.74 Å². The SMILES string of the molecule is Cc1nc2c(OCC3CCCCC3)cccn2c1C(=O)NCc1ccnc(N2CCC(C(=O)O)CC2)c1. The van der Waals surface area contributed by atoms with Crippen LogP contribution in [0.2, 0.25) is 0 Å². The van der Waals surface area contributed by atoms with Crippen LogP contribution in [-0.2, 0) is 11.3 Å². The fourth-order valence-electron chi connectivity index (χ4n) is 5.47. The van der Waals surface area contributed by atoms with Crippen molar-refractivity contribution in [3.8, 4) is 5.75 Å². The Morgan fingerprint density at radius 1 is 1.14 bits per heavy atom. The number of fused-ring (bicyclic) bond motifs is 1. The van der Waals surface area contributed by atoms with E-state index in [0.717, 1.165) is 11.4 Å². The van der Waals surface area contributed by atoms with Gasteiger partial charge in [-0.15, -0.1) is 0 Å². The van der Waals surface area contributed by atoms with Crippen molar-refractivity contribution >= 4 is 23.3 Å². The predicted molar refractivity (Wildman–Crippen MR) is 140 cm³/mol. The summed E-state index contributed by atoms with van der Waals surface area (Å²) in [5, 5.41) is 12.3. The summed E-state index contributed by atoms with van der Waals surface area (Å²) >= 11 is 0. The number of pyridine rings is 2. The second-order valence-corrected chi connectivity index (χ2v) is 10.2. The van der Waals surface area contributed by atoms with Crippen LogP contribution in [-0.4, -0.2) is 51.0 Å². The topological polar surface area (TPSA) is 109 Å². The molecule has 4 heterocycles. The van der Waals surface area contributed by atoms with Gasteiger partial charge in [-0.3, -0.25) is 14.0 Å². The third kappa shape index (κ3) is 5.70. The third-order valence-electron chi connectivity index (χ3n) is 7.63. The van der Waals surface area contributed by atoms with Crippen molar-refractivity contribution in [2.75, 3.05) is 24.6 Å². The molecule has 37 heavy (non-hydrogen) atoms. The average molecular weight is 506 g/mol. The highest BCUT2D eigenvalue weighted by Gasteiger charge is 2.25. The maximum absolute atomic E-state index is 13.2. The maximum Gasteiger partial charge on any atom is 0.306 e. The Kier molecular flexibility index (Phi) is 7.58. The number of aliphatic carboxylic acids is 1. The molecule has 2 aliphatic rings. The second kappa shape index (κ2) is 11.2. The van der Waals surface area contributed by atoms with Gasteiger partial charge < -0.3 is 20.1 Å². The van der Waals surface area contributed by atoms with E-state index in [1.807, 2.05) is 41.8 Å². The number of aromatic nitrogens is 3. The molecule has 2 fully saturated rings. The fourth-order valence-corrected chi connectivity index (χ4v) is 5.47. The Morgan fingerprint density at radius 3 is 2.68 bits per heavy atom. The van der Waals surface area contributed by atoms with Gasteiger partial charge in [0.1, 0.15) is 11.5 Å². The zero-order chi connectivity index (χ0) is 25.8. The van der Waals surface area contributed by atoms with Crippen molar-refractivity contribution in [1.82, 2.24) is 19.7 Å². The van der Waals surface area contributed by atoms with Gasteiger partial charge in [0.25, 0.3) is 5.91 Å². The number of nitrogens with one attached hydrogen (secondary N) is 1. The highest BCUT2D eigenvalue weighted by atomic mass is 16.5. The molecule has 1 saturated carbocycles. The van der Waals surface area contributed by atoms with Crippen LogP contribution in [0.1, 0.15) is 66.7 Å². The largest absolute Gasteiger partial charge is 0.489 e. The van der Waals surface area contributed by atoms with E-state index in [2.05, 4.69) is 20.2 Å². The van der Waals surface area contributed by atoms with Crippen molar-refractivity contribution in [1.29, 1.82) is 0 Å². The molecule has 0 spiro atoms. The van der Waals surface area contributed by atoms with Crippen LogP contribution < -0.4 is 15.0 Å². The number of ether oxygens (including phenoxy) is 1. The van der Waals surface area contributed by atoms with Crippen molar-refractivity contribution < 1.29 is 19.4 Å². The molecule has 0 atom stereocenters. The van der Waals surface area contributed by atoms with Crippen LogP contribution >= 0.6 is 0 Å². The summed E-state index contributed by atoms with van der Waals surface area (Å²) in [5.41, 5.74) is 2.75. The number of hydrogen-bond donors (Lipinski definition) is 2. The van der Waals surface area contributed by atoms with Gasteiger partial charge in [0.15, 0.2) is 11.4 Å². The molecule has 3 aromatic rings. The lowest BCUT2D eigenvalue weighted by Crippen LogP contribution is -2.36. The minimum Gasteiger partial charge on any atom is -0.489 e. The lowest BCUT2D eigenvalue weighted by Gasteiger charge is -2.31. The number of carbonyl (C=O) groups is 2. The highest BCUT2D eigenvalue weighted by Crippen LogP contribution is 2.27.